The summed E-state index contributed by atoms with van der Waals surface area (Å²) in [6.07, 6.45) is 3.09. The van der Waals surface area contributed by atoms with Crippen LogP contribution in [0.25, 0.3) is 0 Å². The summed E-state index contributed by atoms with van der Waals surface area (Å²) in [5.41, 5.74) is 0. The van der Waals surface area contributed by atoms with E-state index in [0.717, 1.165) is 12.8 Å². The Labute approximate surface area is 101 Å². The molecule has 3 unspecified atom stereocenters. The van der Waals surface area contributed by atoms with Gasteiger partial charge in [-0.2, -0.15) is 0 Å². The number of aliphatic carboxylic acids is 1. The van der Waals surface area contributed by atoms with Crippen LogP contribution in [0.2, 0.25) is 0 Å². The fourth-order valence-electron chi connectivity index (χ4n) is 2.83. The van der Waals surface area contributed by atoms with Gasteiger partial charge in [-0.15, -0.1) is 0 Å². The maximum absolute atomic E-state index is 12.2. The second-order valence-corrected chi connectivity index (χ2v) is 4.92. The summed E-state index contributed by atoms with van der Waals surface area (Å²) >= 11 is 0. The van der Waals surface area contributed by atoms with E-state index in [1.807, 2.05) is 6.92 Å². The number of nitrogens with zero attached hydrogens (tertiary/aromatic N) is 1. The Kier molecular flexibility index (Phi) is 3.66. The fourth-order valence-corrected chi connectivity index (χ4v) is 2.83. The van der Waals surface area contributed by atoms with Gasteiger partial charge < -0.3 is 5.11 Å². The van der Waals surface area contributed by atoms with Gasteiger partial charge >= 0.3 is 5.97 Å². The largest absolute Gasteiger partial charge is 0.481 e. The number of carboxylic acid groups (broad SMARTS) is 1. The maximum atomic E-state index is 12.2. The second kappa shape index (κ2) is 5.04. The molecule has 1 amide bonds. The van der Waals surface area contributed by atoms with Crippen LogP contribution in [0.3, 0.4) is 0 Å². The molecule has 1 aliphatic carbocycles. The van der Waals surface area contributed by atoms with Gasteiger partial charge in [0.25, 0.3) is 0 Å². The lowest BCUT2D eigenvalue weighted by Gasteiger charge is -2.21. The predicted molar refractivity (Wildman–Crippen MR) is 59.9 cm³/mol. The number of carbonyl (C=O) groups is 2. The minimum Gasteiger partial charge on any atom is -0.481 e. The predicted octanol–water partition coefficient (Wildman–Crippen LogP) is 1.29. The molecule has 5 heteroatoms. The van der Waals surface area contributed by atoms with Crippen molar-refractivity contribution in [1.29, 1.82) is 0 Å². The average Bonchev–Trinajstić information content (AvgIpc) is 2.97. The molecule has 0 aromatic carbocycles. The van der Waals surface area contributed by atoms with Crippen molar-refractivity contribution >= 4 is 11.9 Å². The molecule has 2 fully saturated rings. The van der Waals surface area contributed by atoms with Crippen molar-refractivity contribution in [3.8, 4) is 0 Å². The van der Waals surface area contributed by atoms with Crippen molar-refractivity contribution in [2.45, 2.75) is 32.6 Å². The van der Waals surface area contributed by atoms with Crippen LogP contribution in [0.1, 0.15) is 32.6 Å². The molecule has 0 aromatic rings. The lowest BCUT2D eigenvalue weighted by Crippen LogP contribution is -2.36. The molecule has 96 valence electrons. The van der Waals surface area contributed by atoms with Crippen LogP contribution in [-0.2, 0) is 14.4 Å². The first-order chi connectivity index (χ1) is 8.13. The summed E-state index contributed by atoms with van der Waals surface area (Å²) in [6, 6.07) is 0. The maximum Gasteiger partial charge on any atom is 0.307 e. The van der Waals surface area contributed by atoms with Crippen LogP contribution in [0, 0.1) is 17.8 Å². The quantitative estimate of drug-likeness (QED) is 0.808. The van der Waals surface area contributed by atoms with Crippen LogP contribution in [0.4, 0.5) is 0 Å². The van der Waals surface area contributed by atoms with Crippen molar-refractivity contribution < 1.29 is 19.5 Å². The molecule has 0 bridgehead atoms. The summed E-state index contributed by atoms with van der Waals surface area (Å²) in [6.45, 7) is 3.20. The van der Waals surface area contributed by atoms with Gasteiger partial charge in [-0.3, -0.25) is 14.4 Å². The molecular formula is C12H19NO4. The van der Waals surface area contributed by atoms with E-state index < -0.39 is 17.8 Å². The molecule has 1 heterocycles. The van der Waals surface area contributed by atoms with E-state index in [2.05, 4.69) is 0 Å². The Balaban J connectivity index is 2.06. The monoisotopic (exact) mass is 241 g/mol. The first-order valence-corrected chi connectivity index (χ1v) is 6.30. The zero-order chi connectivity index (χ0) is 12.4. The smallest absolute Gasteiger partial charge is 0.307 e. The summed E-state index contributed by atoms with van der Waals surface area (Å²) in [5.74, 6) is -1.55. The normalized spacial score (nSPS) is 33.0. The fraction of sp³-hybridized carbons (Fsp3) is 0.833. The van der Waals surface area contributed by atoms with E-state index in [-0.39, 0.29) is 5.91 Å². The van der Waals surface area contributed by atoms with E-state index in [1.165, 1.54) is 5.06 Å². The first-order valence-electron chi connectivity index (χ1n) is 6.30. The molecule has 3 atom stereocenters. The SMILES string of the molecule is CCC1CC(C(=O)O)C(C(=O)N2CCCO2)C1. The zero-order valence-electron chi connectivity index (χ0n) is 10.1. The Morgan fingerprint density at radius 3 is 2.59 bits per heavy atom. The highest BCUT2D eigenvalue weighted by atomic mass is 16.7. The van der Waals surface area contributed by atoms with Gasteiger partial charge in [-0.1, -0.05) is 13.3 Å². The number of hydrogen-bond acceptors (Lipinski definition) is 3. The number of hydroxylamine groups is 2. The summed E-state index contributed by atoms with van der Waals surface area (Å²) in [7, 11) is 0. The van der Waals surface area contributed by atoms with E-state index in [0.29, 0.717) is 31.9 Å². The van der Waals surface area contributed by atoms with Gasteiger partial charge in [0, 0.05) is 0 Å². The van der Waals surface area contributed by atoms with Gasteiger partial charge in [0.1, 0.15) is 0 Å². The molecule has 1 N–H and O–H groups in total. The molecule has 5 nitrogen and oxygen atoms in total. The van der Waals surface area contributed by atoms with Crippen molar-refractivity contribution in [3.05, 3.63) is 0 Å². The minimum absolute atomic E-state index is 0.133. The Bertz CT molecular complexity index is 312. The number of hydrogen-bond donors (Lipinski definition) is 1. The summed E-state index contributed by atoms with van der Waals surface area (Å²) < 4.78 is 0. The van der Waals surface area contributed by atoms with E-state index >= 15 is 0 Å². The Hall–Kier alpha value is -1.10. The van der Waals surface area contributed by atoms with E-state index in [9.17, 15) is 14.7 Å². The first kappa shape index (κ1) is 12.4. The van der Waals surface area contributed by atoms with Crippen LogP contribution in [-0.4, -0.2) is 35.2 Å². The highest BCUT2D eigenvalue weighted by molar-refractivity contribution is 5.84. The Morgan fingerprint density at radius 1 is 1.35 bits per heavy atom. The van der Waals surface area contributed by atoms with Crippen molar-refractivity contribution in [2.75, 3.05) is 13.2 Å². The summed E-state index contributed by atoms with van der Waals surface area (Å²) in [5, 5.41) is 10.5. The van der Waals surface area contributed by atoms with Crippen LogP contribution in [0.15, 0.2) is 0 Å². The molecule has 0 radical (unpaired) electrons. The third-order valence-electron chi connectivity index (χ3n) is 3.87. The molecule has 2 aliphatic rings. The van der Waals surface area contributed by atoms with Gasteiger partial charge in [0.05, 0.1) is 25.0 Å². The third-order valence-corrected chi connectivity index (χ3v) is 3.87. The van der Waals surface area contributed by atoms with E-state index in [1.54, 1.807) is 0 Å². The van der Waals surface area contributed by atoms with Gasteiger partial charge in [-0.05, 0) is 25.2 Å². The standard InChI is InChI=1S/C12H19NO4/c1-2-8-6-9(10(7-8)12(15)16)11(14)13-4-3-5-17-13/h8-10H,2-7H2,1H3,(H,15,16). The van der Waals surface area contributed by atoms with Crippen LogP contribution in [0.5, 0.6) is 0 Å². The third kappa shape index (κ3) is 2.44. The molecule has 0 spiro atoms. The highest BCUT2D eigenvalue weighted by Gasteiger charge is 2.44. The molecular weight excluding hydrogens is 222 g/mol. The summed E-state index contributed by atoms with van der Waals surface area (Å²) in [4.78, 5) is 28.6. The van der Waals surface area contributed by atoms with Crippen molar-refractivity contribution in [1.82, 2.24) is 5.06 Å². The number of carboxylic acids is 1. The zero-order valence-corrected chi connectivity index (χ0v) is 10.1. The number of rotatable bonds is 3. The molecule has 0 aromatic heterocycles. The van der Waals surface area contributed by atoms with Gasteiger partial charge in [0.15, 0.2) is 0 Å². The minimum atomic E-state index is -0.849. The van der Waals surface area contributed by atoms with Gasteiger partial charge in [-0.25, -0.2) is 5.06 Å². The van der Waals surface area contributed by atoms with Crippen molar-refractivity contribution in [3.63, 3.8) is 0 Å². The van der Waals surface area contributed by atoms with Crippen LogP contribution >= 0.6 is 0 Å². The average molecular weight is 241 g/mol. The van der Waals surface area contributed by atoms with E-state index in [4.69, 9.17) is 4.84 Å². The lowest BCUT2D eigenvalue weighted by atomic mass is 9.95. The highest BCUT2D eigenvalue weighted by Crippen LogP contribution is 2.39. The molecule has 1 saturated heterocycles. The molecule has 1 saturated carbocycles. The Morgan fingerprint density at radius 2 is 2.06 bits per heavy atom. The lowest BCUT2D eigenvalue weighted by molar-refractivity contribution is -0.176. The van der Waals surface area contributed by atoms with Crippen LogP contribution < -0.4 is 0 Å². The van der Waals surface area contributed by atoms with Gasteiger partial charge in [0.2, 0.25) is 5.91 Å². The second-order valence-electron chi connectivity index (χ2n) is 4.92. The molecule has 17 heavy (non-hydrogen) atoms. The molecule has 2 rings (SSSR count). The number of carbonyl (C=O) groups excluding carboxylic acids is 1. The topological polar surface area (TPSA) is 66.8 Å². The van der Waals surface area contributed by atoms with Crippen molar-refractivity contribution in [2.24, 2.45) is 17.8 Å². The number of amides is 1. The molecule has 1 aliphatic heterocycles.